The molecule has 2 aromatic rings. The molecule has 0 nitrogen and oxygen atoms in total. The van der Waals surface area contributed by atoms with Gasteiger partial charge >= 0.3 is 0 Å². The standard InChI is InChI=1S/C22H26/c1-4-9-17-12-8-14-21(20(17)10-5-2)22-15-18-11-6-7-13-19(18)16(22)3/h6-8,11-16H,4-5,9-10H2,1-3H3. The molecule has 0 amide bonds. The van der Waals surface area contributed by atoms with Gasteiger partial charge in [-0.2, -0.15) is 0 Å². The number of benzene rings is 2. The van der Waals surface area contributed by atoms with E-state index in [2.05, 4.69) is 69.3 Å². The van der Waals surface area contributed by atoms with Gasteiger partial charge in [-0.05, 0) is 46.2 Å². The second kappa shape index (κ2) is 6.52. The number of rotatable bonds is 5. The predicted molar refractivity (Wildman–Crippen MR) is 97.2 cm³/mol. The second-order valence-corrected chi connectivity index (χ2v) is 6.39. The lowest BCUT2D eigenvalue weighted by Crippen LogP contribution is -2.02. The highest BCUT2D eigenvalue weighted by molar-refractivity contribution is 5.92. The average molecular weight is 290 g/mol. The number of allylic oxidation sites excluding steroid dienone is 1. The molecule has 0 saturated heterocycles. The molecule has 2 aromatic carbocycles. The van der Waals surface area contributed by atoms with Crippen molar-refractivity contribution in [3.05, 3.63) is 70.3 Å². The Kier molecular flexibility index (Phi) is 4.47. The molecule has 0 heterocycles. The molecule has 1 aliphatic rings. The van der Waals surface area contributed by atoms with Crippen molar-refractivity contribution in [2.24, 2.45) is 0 Å². The van der Waals surface area contributed by atoms with Crippen LogP contribution < -0.4 is 0 Å². The Morgan fingerprint density at radius 1 is 0.864 bits per heavy atom. The SMILES string of the molecule is CCCc1cccc(C2=Cc3ccccc3C2C)c1CCC. The Hall–Kier alpha value is -1.82. The lowest BCUT2D eigenvalue weighted by atomic mass is 9.86. The molecule has 0 bridgehead atoms. The smallest absolute Gasteiger partial charge is 0.00731 e. The molecule has 0 aromatic heterocycles. The van der Waals surface area contributed by atoms with Crippen LogP contribution in [0.1, 0.15) is 67.3 Å². The van der Waals surface area contributed by atoms with Crippen molar-refractivity contribution in [1.82, 2.24) is 0 Å². The monoisotopic (exact) mass is 290 g/mol. The fourth-order valence-corrected chi connectivity index (χ4v) is 3.76. The molecule has 0 aliphatic heterocycles. The summed E-state index contributed by atoms with van der Waals surface area (Å²) >= 11 is 0. The fraction of sp³-hybridized carbons (Fsp3) is 0.364. The highest BCUT2D eigenvalue weighted by Crippen LogP contribution is 2.43. The van der Waals surface area contributed by atoms with E-state index in [1.165, 1.54) is 47.9 Å². The summed E-state index contributed by atoms with van der Waals surface area (Å²) in [5, 5.41) is 0. The van der Waals surface area contributed by atoms with Crippen molar-refractivity contribution < 1.29 is 0 Å². The molecule has 0 spiro atoms. The van der Waals surface area contributed by atoms with Crippen LogP contribution in [0.4, 0.5) is 0 Å². The first-order valence-electron chi connectivity index (χ1n) is 8.67. The van der Waals surface area contributed by atoms with Crippen LogP contribution in [-0.4, -0.2) is 0 Å². The number of hydrogen-bond donors (Lipinski definition) is 0. The molecule has 1 aliphatic carbocycles. The maximum absolute atomic E-state index is 2.41. The molecule has 1 unspecified atom stereocenters. The molecule has 0 radical (unpaired) electrons. The highest BCUT2D eigenvalue weighted by Gasteiger charge is 2.24. The van der Waals surface area contributed by atoms with Crippen molar-refractivity contribution in [1.29, 1.82) is 0 Å². The van der Waals surface area contributed by atoms with Crippen LogP contribution in [0.25, 0.3) is 11.6 Å². The van der Waals surface area contributed by atoms with E-state index in [4.69, 9.17) is 0 Å². The molecule has 0 saturated carbocycles. The number of fused-ring (bicyclic) bond motifs is 1. The zero-order chi connectivity index (χ0) is 15.5. The van der Waals surface area contributed by atoms with Gasteiger partial charge in [0.25, 0.3) is 0 Å². The fourth-order valence-electron chi connectivity index (χ4n) is 3.76. The van der Waals surface area contributed by atoms with Gasteiger partial charge in [-0.15, -0.1) is 0 Å². The first-order chi connectivity index (χ1) is 10.8. The van der Waals surface area contributed by atoms with E-state index in [1.54, 1.807) is 11.1 Å². The topological polar surface area (TPSA) is 0 Å². The van der Waals surface area contributed by atoms with E-state index in [0.29, 0.717) is 5.92 Å². The molecule has 114 valence electrons. The van der Waals surface area contributed by atoms with Crippen molar-refractivity contribution in [2.75, 3.05) is 0 Å². The van der Waals surface area contributed by atoms with Gasteiger partial charge in [-0.1, -0.05) is 82.2 Å². The summed E-state index contributed by atoms with van der Waals surface area (Å²) in [5.74, 6) is 0.503. The van der Waals surface area contributed by atoms with Gasteiger partial charge in [0.1, 0.15) is 0 Å². The first-order valence-corrected chi connectivity index (χ1v) is 8.67. The van der Waals surface area contributed by atoms with Crippen molar-refractivity contribution >= 4 is 11.6 Å². The molecular formula is C22H26. The summed E-state index contributed by atoms with van der Waals surface area (Å²) in [6, 6.07) is 15.7. The molecular weight excluding hydrogens is 264 g/mol. The summed E-state index contributed by atoms with van der Waals surface area (Å²) in [6.45, 7) is 6.91. The quantitative estimate of drug-likeness (QED) is 0.610. The van der Waals surface area contributed by atoms with Gasteiger partial charge in [0.15, 0.2) is 0 Å². The largest absolute Gasteiger partial charge is 0.0651 e. The second-order valence-electron chi connectivity index (χ2n) is 6.39. The van der Waals surface area contributed by atoms with Crippen LogP contribution >= 0.6 is 0 Å². The highest BCUT2D eigenvalue weighted by atomic mass is 14.3. The van der Waals surface area contributed by atoms with Gasteiger partial charge in [0, 0.05) is 5.92 Å². The Balaban J connectivity index is 2.08. The third kappa shape index (κ3) is 2.63. The molecule has 22 heavy (non-hydrogen) atoms. The van der Waals surface area contributed by atoms with Gasteiger partial charge < -0.3 is 0 Å². The van der Waals surface area contributed by atoms with E-state index >= 15 is 0 Å². The van der Waals surface area contributed by atoms with E-state index in [-0.39, 0.29) is 0 Å². The zero-order valence-electron chi connectivity index (χ0n) is 14.0. The van der Waals surface area contributed by atoms with Gasteiger partial charge in [0.05, 0.1) is 0 Å². The Bertz CT molecular complexity index is 691. The van der Waals surface area contributed by atoms with Crippen LogP contribution in [0.5, 0.6) is 0 Å². The lowest BCUT2D eigenvalue weighted by molar-refractivity contribution is 0.855. The maximum atomic E-state index is 2.41. The molecule has 0 N–H and O–H groups in total. The normalized spacial score (nSPS) is 16.5. The minimum atomic E-state index is 0.503. The van der Waals surface area contributed by atoms with Crippen molar-refractivity contribution in [2.45, 2.75) is 52.4 Å². The third-order valence-electron chi connectivity index (χ3n) is 4.84. The maximum Gasteiger partial charge on any atom is 0.00731 e. The van der Waals surface area contributed by atoms with Gasteiger partial charge in [-0.3, -0.25) is 0 Å². The van der Waals surface area contributed by atoms with Crippen LogP contribution in [0.15, 0.2) is 42.5 Å². The summed E-state index contributed by atoms with van der Waals surface area (Å²) in [4.78, 5) is 0. The Morgan fingerprint density at radius 3 is 2.36 bits per heavy atom. The zero-order valence-corrected chi connectivity index (χ0v) is 14.0. The van der Waals surface area contributed by atoms with Crippen molar-refractivity contribution in [3.63, 3.8) is 0 Å². The average Bonchev–Trinajstić information content (AvgIpc) is 2.87. The minimum Gasteiger partial charge on any atom is -0.0651 e. The first kappa shape index (κ1) is 15.1. The summed E-state index contributed by atoms with van der Waals surface area (Å²) in [7, 11) is 0. The van der Waals surface area contributed by atoms with Crippen LogP contribution in [0.2, 0.25) is 0 Å². The Labute approximate surface area is 134 Å². The number of hydrogen-bond acceptors (Lipinski definition) is 0. The van der Waals surface area contributed by atoms with E-state index in [0.717, 1.165) is 0 Å². The van der Waals surface area contributed by atoms with Crippen LogP contribution in [0, 0.1) is 0 Å². The lowest BCUT2D eigenvalue weighted by Gasteiger charge is -2.18. The van der Waals surface area contributed by atoms with E-state index in [9.17, 15) is 0 Å². The predicted octanol–water partition coefficient (Wildman–Crippen LogP) is 6.25. The summed E-state index contributed by atoms with van der Waals surface area (Å²) < 4.78 is 0. The molecule has 0 heteroatoms. The molecule has 1 atom stereocenters. The van der Waals surface area contributed by atoms with Crippen LogP contribution in [-0.2, 0) is 12.8 Å². The van der Waals surface area contributed by atoms with Gasteiger partial charge in [0.2, 0.25) is 0 Å². The van der Waals surface area contributed by atoms with Crippen molar-refractivity contribution in [3.8, 4) is 0 Å². The molecule has 0 fully saturated rings. The van der Waals surface area contributed by atoms with Gasteiger partial charge in [-0.25, -0.2) is 0 Å². The van der Waals surface area contributed by atoms with E-state index in [1.807, 2.05) is 0 Å². The van der Waals surface area contributed by atoms with E-state index < -0.39 is 0 Å². The summed E-state index contributed by atoms with van der Waals surface area (Å²) in [6.07, 6.45) is 7.21. The third-order valence-corrected chi connectivity index (χ3v) is 4.84. The molecule has 3 rings (SSSR count). The Morgan fingerprint density at radius 2 is 1.64 bits per heavy atom. The summed E-state index contributed by atoms with van der Waals surface area (Å²) in [5.41, 5.74) is 8.98. The number of aryl methyl sites for hydroxylation is 1. The van der Waals surface area contributed by atoms with Crippen LogP contribution in [0.3, 0.4) is 0 Å². The minimum absolute atomic E-state index is 0.503.